The van der Waals surface area contributed by atoms with Crippen molar-refractivity contribution in [3.8, 4) is 0 Å². The highest BCUT2D eigenvalue weighted by atomic mass is 16.1. The standard InChI is InChI=1S/C10H18N4O/c1-7(3-4-11)5-12-10(15)9-6-13-14-8(9)2/h6-7H,3-5,11H2,1-2H3,(H,12,15)(H,13,14). The van der Waals surface area contributed by atoms with Crippen molar-refractivity contribution < 1.29 is 4.79 Å². The monoisotopic (exact) mass is 210 g/mol. The molecule has 0 aliphatic rings. The molecule has 0 aliphatic carbocycles. The summed E-state index contributed by atoms with van der Waals surface area (Å²) in [7, 11) is 0. The number of carbonyl (C=O) groups is 1. The first-order valence-electron chi connectivity index (χ1n) is 5.13. The maximum absolute atomic E-state index is 11.6. The van der Waals surface area contributed by atoms with Gasteiger partial charge in [-0.15, -0.1) is 0 Å². The van der Waals surface area contributed by atoms with E-state index in [1.807, 2.05) is 6.92 Å². The summed E-state index contributed by atoms with van der Waals surface area (Å²) in [5.41, 5.74) is 6.82. The number of aromatic amines is 1. The minimum absolute atomic E-state index is 0.0786. The van der Waals surface area contributed by atoms with Crippen molar-refractivity contribution in [2.45, 2.75) is 20.3 Å². The summed E-state index contributed by atoms with van der Waals surface area (Å²) in [5.74, 6) is 0.330. The van der Waals surface area contributed by atoms with Crippen molar-refractivity contribution in [2.75, 3.05) is 13.1 Å². The number of rotatable bonds is 5. The fourth-order valence-corrected chi connectivity index (χ4v) is 1.33. The van der Waals surface area contributed by atoms with E-state index in [-0.39, 0.29) is 5.91 Å². The molecule has 0 aliphatic heterocycles. The number of nitrogens with two attached hydrogens (primary N) is 1. The van der Waals surface area contributed by atoms with Gasteiger partial charge in [-0.05, 0) is 25.8 Å². The van der Waals surface area contributed by atoms with E-state index in [0.29, 0.717) is 24.6 Å². The molecule has 4 N–H and O–H groups in total. The molecule has 1 rings (SSSR count). The van der Waals surface area contributed by atoms with Crippen LogP contribution in [-0.2, 0) is 0 Å². The smallest absolute Gasteiger partial charge is 0.254 e. The van der Waals surface area contributed by atoms with Crippen LogP contribution in [0.15, 0.2) is 6.20 Å². The first kappa shape index (κ1) is 11.7. The predicted octanol–water partition coefficient (Wildman–Crippen LogP) is 0.433. The third-order valence-corrected chi connectivity index (χ3v) is 2.35. The van der Waals surface area contributed by atoms with Crippen LogP contribution in [-0.4, -0.2) is 29.2 Å². The Kier molecular flexibility index (Phi) is 4.30. The van der Waals surface area contributed by atoms with Gasteiger partial charge in [-0.2, -0.15) is 5.10 Å². The number of aromatic nitrogens is 2. The molecule has 5 nitrogen and oxygen atoms in total. The minimum Gasteiger partial charge on any atom is -0.352 e. The summed E-state index contributed by atoms with van der Waals surface area (Å²) in [5, 5.41) is 9.39. The first-order chi connectivity index (χ1) is 7.15. The lowest BCUT2D eigenvalue weighted by Crippen LogP contribution is -2.29. The average molecular weight is 210 g/mol. The van der Waals surface area contributed by atoms with E-state index in [0.717, 1.165) is 12.1 Å². The van der Waals surface area contributed by atoms with Crippen molar-refractivity contribution in [3.05, 3.63) is 17.5 Å². The first-order valence-corrected chi connectivity index (χ1v) is 5.13. The molecule has 1 heterocycles. The lowest BCUT2D eigenvalue weighted by Gasteiger charge is -2.10. The lowest BCUT2D eigenvalue weighted by molar-refractivity contribution is 0.0947. The number of nitrogens with zero attached hydrogens (tertiary/aromatic N) is 1. The van der Waals surface area contributed by atoms with Crippen LogP contribution in [0.5, 0.6) is 0 Å². The molecule has 1 aromatic heterocycles. The fraction of sp³-hybridized carbons (Fsp3) is 0.600. The maximum Gasteiger partial charge on any atom is 0.254 e. The molecule has 15 heavy (non-hydrogen) atoms. The minimum atomic E-state index is -0.0786. The predicted molar refractivity (Wildman–Crippen MR) is 58.5 cm³/mol. The fourth-order valence-electron chi connectivity index (χ4n) is 1.33. The van der Waals surface area contributed by atoms with Crippen LogP contribution >= 0.6 is 0 Å². The van der Waals surface area contributed by atoms with E-state index in [2.05, 4.69) is 22.4 Å². The Labute approximate surface area is 89.4 Å². The summed E-state index contributed by atoms with van der Waals surface area (Å²) in [6, 6.07) is 0. The Morgan fingerprint density at radius 1 is 1.73 bits per heavy atom. The highest BCUT2D eigenvalue weighted by Gasteiger charge is 2.11. The highest BCUT2D eigenvalue weighted by molar-refractivity contribution is 5.94. The second kappa shape index (κ2) is 5.50. The van der Waals surface area contributed by atoms with Crippen LogP contribution in [0.1, 0.15) is 29.4 Å². The summed E-state index contributed by atoms with van der Waals surface area (Å²) in [6.45, 7) is 5.20. The Hall–Kier alpha value is -1.36. The average Bonchev–Trinajstić information content (AvgIpc) is 2.61. The van der Waals surface area contributed by atoms with Gasteiger partial charge in [0.25, 0.3) is 5.91 Å². The highest BCUT2D eigenvalue weighted by Crippen LogP contribution is 2.03. The van der Waals surface area contributed by atoms with Gasteiger partial charge in [-0.1, -0.05) is 6.92 Å². The van der Waals surface area contributed by atoms with E-state index >= 15 is 0 Å². The molecule has 0 fully saturated rings. The molecule has 0 saturated heterocycles. The van der Waals surface area contributed by atoms with Gasteiger partial charge in [0.2, 0.25) is 0 Å². The summed E-state index contributed by atoms with van der Waals surface area (Å²) in [6.07, 6.45) is 2.46. The van der Waals surface area contributed by atoms with Crippen molar-refractivity contribution in [1.82, 2.24) is 15.5 Å². The van der Waals surface area contributed by atoms with Gasteiger partial charge in [0.1, 0.15) is 0 Å². The van der Waals surface area contributed by atoms with Crippen molar-refractivity contribution in [2.24, 2.45) is 11.7 Å². The van der Waals surface area contributed by atoms with Gasteiger partial charge in [0.15, 0.2) is 0 Å². The van der Waals surface area contributed by atoms with Gasteiger partial charge in [-0.25, -0.2) is 0 Å². The number of aryl methyl sites for hydroxylation is 1. The van der Waals surface area contributed by atoms with Gasteiger partial charge in [-0.3, -0.25) is 9.89 Å². The van der Waals surface area contributed by atoms with E-state index in [1.165, 1.54) is 6.20 Å². The Morgan fingerprint density at radius 3 is 3.00 bits per heavy atom. The summed E-state index contributed by atoms with van der Waals surface area (Å²) in [4.78, 5) is 11.6. The molecule has 1 aromatic rings. The zero-order chi connectivity index (χ0) is 11.3. The number of amides is 1. The molecule has 1 atom stereocenters. The van der Waals surface area contributed by atoms with E-state index < -0.39 is 0 Å². The molecule has 84 valence electrons. The van der Waals surface area contributed by atoms with E-state index in [1.54, 1.807) is 0 Å². The van der Waals surface area contributed by atoms with Crippen molar-refractivity contribution in [3.63, 3.8) is 0 Å². The number of hydrogen-bond acceptors (Lipinski definition) is 3. The number of H-pyrrole nitrogens is 1. The SMILES string of the molecule is Cc1[nH]ncc1C(=O)NCC(C)CCN. The third kappa shape index (κ3) is 3.36. The molecule has 5 heteroatoms. The van der Waals surface area contributed by atoms with E-state index in [4.69, 9.17) is 5.73 Å². The molecule has 0 spiro atoms. The molecule has 0 bridgehead atoms. The zero-order valence-electron chi connectivity index (χ0n) is 9.21. The van der Waals surface area contributed by atoms with Crippen LogP contribution in [0.4, 0.5) is 0 Å². The Morgan fingerprint density at radius 2 is 2.47 bits per heavy atom. The molecular formula is C10H18N4O. The quantitative estimate of drug-likeness (QED) is 0.659. The second-order valence-corrected chi connectivity index (χ2v) is 3.80. The largest absolute Gasteiger partial charge is 0.352 e. The van der Waals surface area contributed by atoms with Gasteiger partial charge >= 0.3 is 0 Å². The molecule has 1 amide bonds. The molecule has 0 radical (unpaired) electrons. The van der Waals surface area contributed by atoms with Crippen LogP contribution in [0, 0.1) is 12.8 Å². The molecule has 0 saturated carbocycles. The van der Waals surface area contributed by atoms with Gasteiger partial charge in [0.05, 0.1) is 11.8 Å². The topological polar surface area (TPSA) is 83.8 Å². The van der Waals surface area contributed by atoms with Crippen LogP contribution < -0.4 is 11.1 Å². The second-order valence-electron chi connectivity index (χ2n) is 3.80. The van der Waals surface area contributed by atoms with Crippen molar-refractivity contribution in [1.29, 1.82) is 0 Å². The Bertz CT molecular complexity index is 321. The number of nitrogens with one attached hydrogen (secondary N) is 2. The van der Waals surface area contributed by atoms with Gasteiger partial charge < -0.3 is 11.1 Å². The number of hydrogen-bond donors (Lipinski definition) is 3. The molecule has 1 unspecified atom stereocenters. The van der Waals surface area contributed by atoms with Gasteiger partial charge in [0, 0.05) is 12.2 Å². The third-order valence-electron chi connectivity index (χ3n) is 2.35. The van der Waals surface area contributed by atoms with Crippen LogP contribution in [0.3, 0.4) is 0 Å². The maximum atomic E-state index is 11.6. The van der Waals surface area contributed by atoms with Crippen molar-refractivity contribution >= 4 is 5.91 Å². The van der Waals surface area contributed by atoms with Crippen LogP contribution in [0.25, 0.3) is 0 Å². The summed E-state index contributed by atoms with van der Waals surface area (Å²) >= 11 is 0. The lowest BCUT2D eigenvalue weighted by atomic mass is 10.1. The zero-order valence-corrected chi connectivity index (χ0v) is 9.21. The Balaban J connectivity index is 2.40. The number of carbonyl (C=O) groups excluding carboxylic acids is 1. The molecule has 0 aromatic carbocycles. The van der Waals surface area contributed by atoms with E-state index in [9.17, 15) is 4.79 Å². The normalized spacial score (nSPS) is 12.5. The molecular weight excluding hydrogens is 192 g/mol. The summed E-state index contributed by atoms with van der Waals surface area (Å²) < 4.78 is 0. The van der Waals surface area contributed by atoms with Crippen LogP contribution in [0.2, 0.25) is 0 Å².